The molecule has 22 nitrogen and oxygen atoms in total. The summed E-state index contributed by atoms with van der Waals surface area (Å²) in [5, 5.41) is 49.0. The number of carbonyl (C=O) groups is 6. The molecule has 4 aromatic heterocycles. The first-order chi connectivity index (χ1) is 53.2. The second-order valence-electron chi connectivity index (χ2n) is 25.6. The van der Waals surface area contributed by atoms with E-state index in [1.54, 1.807) is 109 Å². The number of fused-ring (bicyclic) bond motifs is 4. The summed E-state index contributed by atoms with van der Waals surface area (Å²) in [7, 11) is 0. The highest BCUT2D eigenvalue weighted by atomic mass is 32.2. The number of aromatic nitrogens is 8. The van der Waals surface area contributed by atoms with Crippen LogP contribution in [0.25, 0.3) is 92.2 Å². The molecule has 4 fully saturated rings. The molecule has 110 heavy (non-hydrogen) atoms. The molecular weight excluding hydrogens is 1460 g/mol. The minimum atomic E-state index is -0.912. The van der Waals surface area contributed by atoms with Crippen molar-refractivity contribution in [1.82, 2.24) is 56.7 Å². The van der Waals surface area contributed by atoms with E-state index in [-0.39, 0.29) is 88.0 Å². The van der Waals surface area contributed by atoms with Crippen LogP contribution in [0, 0.1) is 46.5 Å². The van der Waals surface area contributed by atoms with Crippen LogP contribution < -0.4 is 37.2 Å². The Morgan fingerprint density at radius 1 is 0.391 bits per heavy atom. The molecule has 4 aliphatic rings. The third-order valence-corrected chi connectivity index (χ3v) is 18.8. The van der Waals surface area contributed by atoms with E-state index >= 15 is 0 Å². The molecule has 560 valence electrons. The summed E-state index contributed by atoms with van der Waals surface area (Å²) in [6.07, 6.45) is 16.9. The molecule has 0 radical (unpaired) electrons. The monoisotopic (exact) mass is 1520 g/mol. The summed E-state index contributed by atoms with van der Waals surface area (Å²) in [5.74, 6) is -5.23. The number of carbonyl (C=O) groups excluding carboxylic acids is 6. The van der Waals surface area contributed by atoms with Gasteiger partial charge in [0.05, 0.1) is 79.7 Å². The number of esters is 1. The lowest BCUT2D eigenvalue weighted by Gasteiger charge is -2.11. The summed E-state index contributed by atoms with van der Waals surface area (Å²) in [6, 6.07) is 33.9. The van der Waals surface area contributed by atoms with Crippen LogP contribution in [0.1, 0.15) is 83.6 Å². The zero-order chi connectivity index (χ0) is 77.0. The summed E-state index contributed by atoms with van der Waals surface area (Å²) < 4.78 is 114. The fraction of sp³-hybridized carbons (Fsp3) is 0.165. The lowest BCUT2D eigenvalue weighted by molar-refractivity contribution is -0.146. The number of nitrogens with one attached hydrogen (secondary N) is 11. The zero-order valence-electron chi connectivity index (χ0n) is 57.7. The number of rotatable bonds is 16. The van der Waals surface area contributed by atoms with Gasteiger partial charge in [-0.15, -0.1) is 0 Å². The Kier molecular flexibility index (Phi) is 23.5. The third-order valence-electron chi connectivity index (χ3n) is 17.9. The number of ether oxygens (including phenoxy) is 1. The van der Waals surface area contributed by atoms with Gasteiger partial charge in [0, 0.05) is 64.4 Å². The maximum atomic E-state index is 14.3. The number of anilines is 4. The predicted molar refractivity (Wildman–Crippen MR) is 406 cm³/mol. The van der Waals surface area contributed by atoms with Crippen molar-refractivity contribution in [2.75, 3.05) is 40.1 Å². The zero-order valence-corrected chi connectivity index (χ0v) is 58.5. The van der Waals surface area contributed by atoms with E-state index in [0.717, 1.165) is 72.8 Å². The quantitative estimate of drug-likeness (QED) is 0.0317. The van der Waals surface area contributed by atoms with E-state index < -0.39 is 53.2 Å². The Hall–Kier alpha value is -12.9. The average molecular weight is 1520 g/mol. The van der Waals surface area contributed by atoms with Crippen molar-refractivity contribution in [3.8, 4) is 0 Å². The minimum absolute atomic E-state index is 0.00137. The Morgan fingerprint density at radius 3 is 0.955 bits per heavy atom. The number of hydrogen-bond donors (Lipinski definition) is 11. The van der Waals surface area contributed by atoms with Crippen LogP contribution in [0.15, 0.2) is 146 Å². The molecule has 5 amide bonds. The Morgan fingerprint density at radius 2 is 0.691 bits per heavy atom. The van der Waals surface area contributed by atoms with Crippen LogP contribution >= 0.6 is 11.8 Å². The molecule has 4 aliphatic heterocycles. The normalized spacial score (nSPS) is 16.8. The first-order valence-electron chi connectivity index (χ1n) is 34.5. The van der Waals surface area contributed by atoms with Crippen molar-refractivity contribution < 1.29 is 68.6 Å². The molecule has 31 heteroatoms. The highest BCUT2D eigenvalue weighted by Crippen LogP contribution is 2.32. The Bertz CT molecular complexity index is 5220. The van der Waals surface area contributed by atoms with Crippen molar-refractivity contribution in [2.24, 2.45) is 0 Å². The molecule has 4 saturated heterocycles. The SMILES string of the molecule is O=C(Nc1cc2c(/C=C/c3ccc(F)cc3)n[nH]c2cc1F)[C@@H]1CCCN1.O=C(Nc1cc2c(/C=C/c3ccc(F)cc3)n[nH]c2cc1F)[C@H]1CCCN1.O=C1CCC(C(=O)Nc2cc3c(/C=C/c4ccc(F)cc4)n[nH]c3cc2F)O1.O=C1N[C@H](C(=O)Nc2cc3c(/C=C/c4ccc(F)cc4)n[nH]c3cc2F)CS1. The second-order valence-corrected chi connectivity index (χ2v) is 26.5. The molecule has 16 rings (SSSR count). The van der Waals surface area contributed by atoms with Gasteiger partial charge in [-0.3, -0.25) is 49.2 Å². The van der Waals surface area contributed by atoms with Crippen molar-refractivity contribution in [3.63, 3.8) is 0 Å². The number of hydrogen-bond acceptors (Lipinski definition) is 14. The first-order valence-corrected chi connectivity index (χ1v) is 35.5. The van der Waals surface area contributed by atoms with Gasteiger partial charge in [0.15, 0.2) is 6.10 Å². The fourth-order valence-corrected chi connectivity index (χ4v) is 12.8. The lowest BCUT2D eigenvalue weighted by atomic mass is 10.1. The van der Waals surface area contributed by atoms with E-state index in [0.29, 0.717) is 72.1 Å². The van der Waals surface area contributed by atoms with Gasteiger partial charge in [0.25, 0.3) is 11.1 Å². The Labute approximate surface area is 624 Å². The first kappa shape index (κ1) is 75.4. The number of aromatic amines is 4. The summed E-state index contributed by atoms with van der Waals surface area (Å²) >= 11 is 1.01. The molecule has 0 saturated carbocycles. The topological polar surface area (TPSA) is 311 Å². The van der Waals surface area contributed by atoms with Crippen molar-refractivity contribution in [1.29, 1.82) is 0 Å². The van der Waals surface area contributed by atoms with Crippen LogP contribution in [-0.4, -0.2) is 119 Å². The van der Waals surface area contributed by atoms with Gasteiger partial charge in [-0.25, -0.2) is 35.1 Å². The number of nitrogens with zero attached hydrogens (tertiary/aromatic N) is 4. The van der Waals surface area contributed by atoms with Crippen LogP contribution in [0.4, 0.5) is 62.7 Å². The van der Waals surface area contributed by atoms with Gasteiger partial charge in [-0.1, -0.05) is 84.6 Å². The molecule has 12 aromatic rings. The van der Waals surface area contributed by atoms with E-state index in [1.165, 1.54) is 84.9 Å². The van der Waals surface area contributed by atoms with Crippen molar-refractivity contribution in [2.45, 2.75) is 62.8 Å². The summed E-state index contributed by atoms with van der Waals surface area (Å²) in [5.41, 5.74) is 7.67. The molecule has 8 heterocycles. The highest BCUT2D eigenvalue weighted by molar-refractivity contribution is 8.14. The lowest BCUT2D eigenvalue weighted by Crippen LogP contribution is -2.38. The van der Waals surface area contributed by atoms with Gasteiger partial charge < -0.3 is 42.0 Å². The van der Waals surface area contributed by atoms with Crippen LogP contribution in [0.2, 0.25) is 0 Å². The van der Waals surface area contributed by atoms with Crippen LogP contribution in [0.5, 0.6) is 0 Å². The molecular formula is C79H65F8N15O7S. The largest absolute Gasteiger partial charge is 0.452 e. The molecule has 1 unspecified atom stereocenters. The average Bonchev–Trinajstić information content (AvgIpc) is 1.65. The number of benzene rings is 8. The maximum Gasteiger partial charge on any atom is 0.306 e. The Balaban J connectivity index is 0.000000129. The van der Waals surface area contributed by atoms with Gasteiger partial charge in [0.2, 0.25) is 17.7 Å². The fourth-order valence-electron chi connectivity index (χ4n) is 12.0. The number of cyclic esters (lactones) is 1. The van der Waals surface area contributed by atoms with Crippen LogP contribution in [-0.2, 0) is 28.7 Å². The highest BCUT2D eigenvalue weighted by Gasteiger charge is 2.32. The third kappa shape index (κ3) is 18.9. The smallest absolute Gasteiger partial charge is 0.306 e. The molecule has 11 N–H and O–H groups in total. The number of H-pyrrole nitrogens is 4. The number of halogens is 8. The molecule has 0 aliphatic carbocycles. The molecule has 8 aromatic carbocycles. The van der Waals surface area contributed by atoms with Gasteiger partial charge in [-0.05, 0) is 158 Å². The minimum Gasteiger partial charge on any atom is -0.452 e. The van der Waals surface area contributed by atoms with Crippen molar-refractivity contribution >= 4 is 162 Å². The van der Waals surface area contributed by atoms with E-state index in [2.05, 4.69) is 78.0 Å². The second kappa shape index (κ2) is 34.4. The van der Waals surface area contributed by atoms with Gasteiger partial charge in [-0.2, -0.15) is 20.4 Å². The maximum absolute atomic E-state index is 14.3. The van der Waals surface area contributed by atoms with E-state index in [4.69, 9.17) is 4.74 Å². The van der Waals surface area contributed by atoms with Gasteiger partial charge in [0.1, 0.15) is 52.6 Å². The van der Waals surface area contributed by atoms with E-state index in [1.807, 2.05) is 0 Å². The summed E-state index contributed by atoms with van der Waals surface area (Å²) in [6.45, 7) is 1.58. The van der Waals surface area contributed by atoms with Crippen LogP contribution in [0.3, 0.4) is 0 Å². The van der Waals surface area contributed by atoms with Gasteiger partial charge >= 0.3 is 5.97 Å². The molecule has 0 spiro atoms. The number of amides is 5. The predicted octanol–water partition coefficient (Wildman–Crippen LogP) is 14.8. The standard InChI is InChI=1S/2C20H18F2N4O.C20H15F2N3O3.C19H14F2N4O2S/c2*21-13-6-3-12(4-7-13)5-8-16-14-10-19(15(22)11-18(14)26-25-16)24-20(27)17-2-1-9-23-17;21-12-4-1-11(2-5-12)3-6-15-13-9-17(14(22)10-16(13)25-24-15)23-20(27)18-7-8-19(26)28-18;20-11-4-1-10(2-5-11)3-6-14-12-7-16(13(21)8-15(12)25-24-14)22-18(26)17-9-28-19(27)23-17/h2*3-8,10-11,17,23H,1-2,9H2,(H,24,27)(H,25,26);1-6,9-10,18H,7-8H2,(H,23,27)(H,24,25);1-8,17H,9H2,(H,22,26)(H,23,27)(H,24,25)/b2*8-5+;2*6-3+/t2*17-;;17-/m10.0/s1. The summed E-state index contributed by atoms with van der Waals surface area (Å²) in [4.78, 5) is 71.3. The number of thioether (sulfide) groups is 1. The van der Waals surface area contributed by atoms with E-state index in [9.17, 15) is 63.9 Å². The molecule has 4 atom stereocenters. The molecule has 0 bridgehead atoms. The van der Waals surface area contributed by atoms with Crippen molar-refractivity contribution in [3.05, 3.63) is 237 Å².